The number of carbonyl (C=O) groups excluding carboxylic acids is 2. The van der Waals surface area contributed by atoms with Crippen molar-refractivity contribution in [2.24, 2.45) is 0 Å². The van der Waals surface area contributed by atoms with Crippen molar-refractivity contribution in [1.82, 2.24) is 0 Å². The Kier molecular flexibility index (Phi) is 7.86. The molecule has 0 aliphatic rings. The minimum Gasteiger partial charge on any atom is -0.299 e. The third-order valence-electron chi connectivity index (χ3n) is 3.60. The molecule has 0 saturated heterocycles. The Balaban J connectivity index is 2.31. The van der Waals surface area contributed by atoms with Crippen molar-refractivity contribution >= 4 is 11.6 Å². The first-order valence-corrected chi connectivity index (χ1v) is 7.81. The van der Waals surface area contributed by atoms with Gasteiger partial charge in [-0.2, -0.15) is 0 Å². The van der Waals surface area contributed by atoms with Crippen molar-refractivity contribution < 1.29 is 9.59 Å². The molecule has 0 atom stereocenters. The van der Waals surface area contributed by atoms with E-state index in [-0.39, 0.29) is 18.0 Å². The summed E-state index contributed by atoms with van der Waals surface area (Å²) in [7, 11) is 0. The van der Waals surface area contributed by atoms with Crippen molar-refractivity contribution in [3.05, 3.63) is 35.4 Å². The van der Waals surface area contributed by atoms with E-state index in [4.69, 9.17) is 0 Å². The molecule has 1 aromatic rings. The molecule has 0 amide bonds. The predicted molar refractivity (Wildman–Crippen MR) is 83.2 cm³/mol. The molecule has 0 radical (unpaired) electrons. The van der Waals surface area contributed by atoms with Crippen LogP contribution in [-0.2, 0) is 11.2 Å². The molecular formula is C18H26O2. The van der Waals surface area contributed by atoms with Gasteiger partial charge < -0.3 is 0 Å². The molecule has 0 N–H and O–H groups in total. The summed E-state index contributed by atoms with van der Waals surface area (Å²) in [5.74, 6) is 0.0253. The van der Waals surface area contributed by atoms with Crippen LogP contribution >= 0.6 is 0 Å². The standard InChI is InChI=1S/C18H26O2/c1-3-5-6-7-8-9-17(19)14-18(20)16-12-10-15(4-2)11-13-16/h10-13H,3-9,14H2,1-2H3. The van der Waals surface area contributed by atoms with Crippen LogP contribution in [0.1, 0.15) is 74.7 Å². The van der Waals surface area contributed by atoms with Crippen molar-refractivity contribution in [2.75, 3.05) is 0 Å². The molecule has 0 aliphatic heterocycles. The summed E-state index contributed by atoms with van der Waals surface area (Å²) in [5, 5.41) is 0. The molecule has 0 heterocycles. The lowest BCUT2D eigenvalue weighted by Gasteiger charge is -2.03. The van der Waals surface area contributed by atoms with Crippen LogP contribution in [0.3, 0.4) is 0 Å². The lowest BCUT2D eigenvalue weighted by molar-refractivity contribution is -0.118. The number of rotatable bonds is 10. The molecule has 0 saturated carbocycles. The second kappa shape index (κ2) is 9.46. The number of aryl methyl sites for hydroxylation is 1. The molecule has 0 fully saturated rings. The Hall–Kier alpha value is -1.44. The van der Waals surface area contributed by atoms with Crippen LogP contribution in [0.15, 0.2) is 24.3 Å². The molecule has 0 aromatic heterocycles. The first kappa shape index (κ1) is 16.6. The molecular weight excluding hydrogens is 248 g/mol. The Bertz CT molecular complexity index is 418. The summed E-state index contributed by atoms with van der Waals surface area (Å²) >= 11 is 0. The summed E-state index contributed by atoms with van der Waals surface area (Å²) in [6.45, 7) is 4.26. The Morgan fingerprint density at radius 3 is 2.15 bits per heavy atom. The highest BCUT2D eigenvalue weighted by Crippen LogP contribution is 2.11. The third kappa shape index (κ3) is 6.14. The first-order chi connectivity index (χ1) is 9.67. The maximum absolute atomic E-state index is 12.0. The average molecular weight is 274 g/mol. The number of hydrogen-bond donors (Lipinski definition) is 0. The van der Waals surface area contributed by atoms with Crippen LogP contribution in [0, 0.1) is 0 Å². The Morgan fingerprint density at radius 2 is 1.55 bits per heavy atom. The fourth-order valence-electron chi connectivity index (χ4n) is 2.22. The third-order valence-corrected chi connectivity index (χ3v) is 3.60. The van der Waals surface area contributed by atoms with Gasteiger partial charge in [-0.25, -0.2) is 0 Å². The van der Waals surface area contributed by atoms with Gasteiger partial charge in [-0.05, 0) is 18.4 Å². The van der Waals surface area contributed by atoms with E-state index in [9.17, 15) is 9.59 Å². The van der Waals surface area contributed by atoms with Crippen molar-refractivity contribution in [1.29, 1.82) is 0 Å². The van der Waals surface area contributed by atoms with E-state index in [0.717, 1.165) is 19.3 Å². The molecule has 0 bridgehead atoms. The summed E-state index contributed by atoms with van der Waals surface area (Å²) in [5.41, 5.74) is 1.87. The van der Waals surface area contributed by atoms with Gasteiger partial charge in [0.05, 0.1) is 6.42 Å². The van der Waals surface area contributed by atoms with E-state index >= 15 is 0 Å². The highest BCUT2D eigenvalue weighted by Gasteiger charge is 2.11. The SMILES string of the molecule is CCCCCCCC(=O)CC(=O)c1ccc(CC)cc1. The maximum Gasteiger partial charge on any atom is 0.170 e. The van der Waals surface area contributed by atoms with Gasteiger partial charge in [0.2, 0.25) is 0 Å². The fraction of sp³-hybridized carbons (Fsp3) is 0.556. The molecule has 0 unspecified atom stereocenters. The second-order valence-corrected chi connectivity index (χ2v) is 5.35. The highest BCUT2D eigenvalue weighted by atomic mass is 16.1. The average Bonchev–Trinajstić information content (AvgIpc) is 2.47. The molecule has 0 spiro atoms. The zero-order valence-corrected chi connectivity index (χ0v) is 12.8. The molecule has 0 aliphatic carbocycles. The summed E-state index contributed by atoms with van der Waals surface area (Å²) < 4.78 is 0. The van der Waals surface area contributed by atoms with Crippen LogP contribution in [0.25, 0.3) is 0 Å². The maximum atomic E-state index is 12.0. The Morgan fingerprint density at radius 1 is 0.900 bits per heavy atom. The zero-order chi connectivity index (χ0) is 14.8. The van der Waals surface area contributed by atoms with Crippen molar-refractivity contribution in [2.45, 2.75) is 65.2 Å². The Labute approximate surface area is 122 Å². The number of ketones is 2. The summed E-state index contributed by atoms with van der Waals surface area (Å²) in [6.07, 6.45) is 7.21. The van der Waals surface area contributed by atoms with E-state index in [1.54, 1.807) is 0 Å². The van der Waals surface area contributed by atoms with Gasteiger partial charge in [0, 0.05) is 12.0 Å². The first-order valence-electron chi connectivity index (χ1n) is 7.81. The molecule has 110 valence electrons. The molecule has 1 aromatic carbocycles. The predicted octanol–water partition coefficient (Wildman–Crippen LogP) is 4.75. The van der Waals surface area contributed by atoms with Gasteiger partial charge in [-0.3, -0.25) is 9.59 Å². The second-order valence-electron chi connectivity index (χ2n) is 5.35. The number of unbranched alkanes of at least 4 members (excludes halogenated alkanes) is 4. The van der Waals surface area contributed by atoms with E-state index in [1.807, 2.05) is 24.3 Å². The minimum atomic E-state index is -0.0498. The fourth-order valence-corrected chi connectivity index (χ4v) is 2.22. The van der Waals surface area contributed by atoms with Crippen LogP contribution in [-0.4, -0.2) is 11.6 Å². The lowest BCUT2D eigenvalue weighted by Crippen LogP contribution is -2.08. The number of Topliss-reactive ketones (excluding diaryl/α,β-unsaturated/α-hetero) is 2. The molecule has 1 rings (SSSR count). The van der Waals surface area contributed by atoms with Gasteiger partial charge in [0.15, 0.2) is 5.78 Å². The largest absolute Gasteiger partial charge is 0.299 e. The molecule has 20 heavy (non-hydrogen) atoms. The highest BCUT2D eigenvalue weighted by molar-refractivity contribution is 6.07. The van der Waals surface area contributed by atoms with Crippen LogP contribution in [0.2, 0.25) is 0 Å². The smallest absolute Gasteiger partial charge is 0.170 e. The van der Waals surface area contributed by atoms with E-state index in [2.05, 4.69) is 13.8 Å². The summed E-state index contributed by atoms with van der Waals surface area (Å²) in [6, 6.07) is 7.58. The quantitative estimate of drug-likeness (QED) is 0.350. The van der Waals surface area contributed by atoms with Gasteiger partial charge in [-0.15, -0.1) is 0 Å². The van der Waals surface area contributed by atoms with Crippen LogP contribution in [0.4, 0.5) is 0 Å². The van der Waals surface area contributed by atoms with Gasteiger partial charge in [-0.1, -0.05) is 63.8 Å². The number of benzene rings is 1. The van der Waals surface area contributed by atoms with E-state index < -0.39 is 0 Å². The minimum absolute atomic E-state index is 0.0498. The number of carbonyl (C=O) groups is 2. The molecule has 2 nitrogen and oxygen atoms in total. The van der Waals surface area contributed by atoms with Gasteiger partial charge in [0.1, 0.15) is 5.78 Å². The van der Waals surface area contributed by atoms with Crippen LogP contribution in [0.5, 0.6) is 0 Å². The zero-order valence-electron chi connectivity index (χ0n) is 12.8. The normalized spacial score (nSPS) is 10.5. The van der Waals surface area contributed by atoms with Crippen molar-refractivity contribution in [3.63, 3.8) is 0 Å². The van der Waals surface area contributed by atoms with Gasteiger partial charge >= 0.3 is 0 Å². The topological polar surface area (TPSA) is 34.1 Å². The monoisotopic (exact) mass is 274 g/mol. The van der Waals surface area contributed by atoms with E-state index in [1.165, 1.54) is 24.8 Å². The van der Waals surface area contributed by atoms with Crippen LogP contribution < -0.4 is 0 Å². The molecule has 2 heteroatoms. The van der Waals surface area contributed by atoms with Gasteiger partial charge in [0.25, 0.3) is 0 Å². The summed E-state index contributed by atoms with van der Waals surface area (Å²) in [4.78, 5) is 23.7. The van der Waals surface area contributed by atoms with E-state index in [0.29, 0.717) is 12.0 Å². The lowest BCUT2D eigenvalue weighted by atomic mass is 10.0. The van der Waals surface area contributed by atoms with Crippen molar-refractivity contribution in [3.8, 4) is 0 Å². The number of hydrogen-bond acceptors (Lipinski definition) is 2.